The fourth-order valence-corrected chi connectivity index (χ4v) is 1.54. The van der Waals surface area contributed by atoms with Crippen molar-refractivity contribution < 1.29 is 14.7 Å². The van der Waals surface area contributed by atoms with Gasteiger partial charge in [0.2, 0.25) is 0 Å². The van der Waals surface area contributed by atoms with Crippen LogP contribution in [0.4, 0.5) is 4.79 Å². The Labute approximate surface area is 101 Å². The highest BCUT2D eigenvalue weighted by atomic mass is 32.2. The van der Waals surface area contributed by atoms with E-state index in [1.165, 1.54) is 4.90 Å². The number of urea groups is 1. The molecule has 0 bridgehead atoms. The zero-order valence-corrected chi connectivity index (χ0v) is 11.0. The largest absolute Gasteiger partial charge is 0.480 e. The minimum Gasteiger partial charge on any atom is -0.480 e. The molecule has 2 amide bonds. The quantitative estimate of drug-likeness (QED) is 0.738. The molecule has 0 aliphatic rings. The average Bonchev–Trinajstić information content (AvgIpc) is 2.20. The predicted molar refractivity (Wildman–Crippen MR) is 65.8 cm³/mol. The summed E-state index contributed by atoms with van der Waals surface area (Å²) in [5.74, 6) is -0.291. The Morgan fingerprint density at radius 3 is 2.38 bits per heavy atom. The SMILES string of the molecule is CSCCN(C)C(=O)N[C@H](C(=O)O)C(C)C. The summed E-state index contributed by atoms with van der Waals surface area (Å²) in [5.41, 5.74) is 0. The van der Waals surface area contributed by atoms with E-state index < -0.39 is 12.0 Å². The number of hydrogen-bond donors (Lipinski definition) is 2. The Morgan fingerprint density at radius 1 is 1.44 bits per heavy atom. The maximum atomic E-state index is 11.6. The first-order valence-electron chi connectivity index (χ1n) is 5.13. The number of nitrogens with zero attached hydrogens (tertiary/aromatic N) is 1. The average molecular weight is 248 g/mol. The first kappa shape index (κ1) is 15.1. The van der Waals surface area contributed by atoms with Gasteiger partial charge in [-0.15, -0.1) is 0 Å². The number of nitrogens with one attached hydrogen (secondary N) is 1. The molecule has 0 aromatic carbocycles. The lowest BCUT2D eigenvalue weighted by atomic mass is 10.1. The van der Waals surface area contributed by atoms with E-state index in [0.717, 1.165) is 5.75 Å². The van der Waals surface area contributed by atoms with Gasteiger partial charge in [0.1, 0.15) is 6.04 Å². The Hall–Kier alpha value is -0.910. The van der Waals surface area contributed by atoms with Gasteiger partial charge in [0, 0.05) is 19.3 Å². The van der Waals surface area contributed by atoms with Gasteiger partial charge in [-0.3, -0.25) is 0 Å². The van der Waals surface area contributed by atoms with Crippen molar-refractivity contribution >= 4 is 23.8 Å². The standard InChI is InChI=1S/C10H20N2O3S/c1-7(2)8(9(13)14)11-10(15)12(3)5-6-16-4/h7-8H,5-6H2,1-4H3,(H,11,15)(H,13,14)/t8-/m0/s1. The Bertz CT molecular complexity index is 246. The van der Waals surface area contributed by atoms with Gasteiger partial charge < -0.3 is 15.3 Å². The van der Waals surface area contributed by atoms with Gasteiger partial charge in [0.25, 0.3) is 0 Å². The summed E-state index contributed by atoms with van der Waals surface area (Å²) >= 11 is 1.64. The second kappa shape index (κ2) is 7.38. The van der Waals surface area contributed by atoms with Crippen LogP contribution in [0.5, 0.6) is 0 Å². The molecule has 16 heavy (non-hydrogen) atoms. The topological polar surface area (TPSA) is 69.6 Å². The number of carboxylic acid groups (broad SMARTS) is 1. The second-order valence-electron chi connectivity index (χ2n) is 3.92. The van der Waals surface area contributed by atoms with Crippen molar-refractivity contribution in [1.82, 2.24) is 10.2 Å². The molecule has 1 atom stereocenters. The fourth-order valence-electron chi connectivity index (χ4n) is 1.09. The van der Waals surface area contributed by atoms with E-state index in [1.807, 2.05) is 6.26 Å². The predicted octanol–water partition coefficient (Wildman–Crippen LogP) is 1.10. The number of carbonyl (C=O) groups excluding carboxylic acids is 1. The maximum absolute atomic E-state index is 11.6. The number of carbonyl (C=O) groups is 2. The number of rotatable bonds is 6. The molecular formula is C10H20N2O3S. The van der Waals surface area contributed by atoms with Gasteiger partial charge in [-0.25, -0.2) is 9.59 Å². The molecule has 0 unspecified atom stereocenters. The summed E-state index contributed by atoms with van der Waals surface area (Å²) in [6, 6.07) is -1.17. The smallest absolute Gasteiger partial charge is 0.326 e. The summed E-state index contributed by atoms with van der Waals surface area (Å²) in [6.07, 6.45) is 1.96. The van der Waals surface area contributed by atoms with Gasteiger partial charge in [0.05, 0.1) is 0 Å². The van der Waals surface area contributed by atoms with Crippen LogP contribution in [0, 0.1) is 5.92 Å². The van der Waals surface area contributed by atoms with E-state index in [1.54, 1.807) is 32.7 Å². The minimum atomic E-state index is -0.999. The Kier molecular flexibility index (Phi) is 6.96. The molecule has 0 rings (SSSR count). The molecular weight excluding hydrogens is 228 g/mol. The van der Waals surface area contributed by atoms with Crippen LogP contribution in [0.25, 0.3) is 0 Å². The van der Waals surface area contributed by atoms with Crippen molar-refractivity contribution in [1.29, 1.82) is 0 Å². The van der Waals surface area contributed by atoms with Gasteiger partial charge in [0.15, 0.2) is 0 Å². The van der Waals surface area contributed by atoms with Gasteiger partial charge in [-0.1, -0.05) is 13.8 Å². The van der Waals surface area contributed by atoms with Crippen LogP contribution in [-0.4, -0.2) is 53.6 Å². The summed E-state index contributed by atoms with van der Waals surface area (Å²) in [4.78, 5) is 24.0. The Balaban J connectivity index is 4.24. The van der Waals surface area contributed by atoms with E-state index in [-0.39, 0.29) is 11.9 Å². The highest BCUT2D eigenvalue weighted by molar-refractivity contribution is 7.98. The summed E-state index contributed by atoms with van der Waals surface area (Å²) in [5, 5.41) is 11.4. The van der Waals surface area contributed by atoms with E-state index in [2.05, 4.69) is 5.32 Å². The number of amides is 2. The van der Waals surface area contributed by atoms with Crippen LogP contribution in [-0.2, 0) is 4.79 Å². The van der Waals surface area contributed by atoms with Crippen molar-refractivity contribution in [2.45, 2.75) is 19.9 Å². The van der Waals surface area contributed by atoms with Gasteiger partial charge >= 0.3 is 12.0 Å². The molecule has 2 N–H and O–H groups in total. The lowest BCUT2D eigenvalue weighted by Gasteiger charge is -2.23. The highest BCUT2D eigenvalue weighted by Crippen LogP contribution is 2.03. The Morgan fingerprint density at radius 2 is 2.00 bits per heavy atom. The lowest BCUT2D eigenvalue weighted by Crippen LogP contribution is -2.49. The van der Waals surface area contributed by atoms with E-state index >= 15 is 0 Å². The fraction of sp³-hybridized carbons (Fsp3) is 0.800. The first-order valence-corrected chi connectivity index (χ1v) is 6.53. The normalized spacial score (nSPS) is 12.3. The van der Waals surface area contributed by atoms with Crippen LogP contribution in [0.2, 0.25) is 0 Å². The zero-order valence-electron chi connectivity index (χ0n) is 10.2. The molecule has 94 valence electrons. The number of thioether (sulfide) groups is 1. The van der Waals surface area contributed by atoms with Crippen molar-refractivity contribution in [3.05, 3.63) is 0 Å². The van der Waals surface area contributed by atoms with Gasteiger partial charge in [-0.05, 0) is 12.2 Å². The zero-order chi connectivity index (χ0) is 12.7. The molecule has 0 heterocycles. The van der Waals surface area contributed by atoms with Crippen molar-refractivity contribution in [3.63, 3.8) is 0 Å². The first-order chi connectivity index (χ1) is 7.40. The number of hydrogen-bond acceptors (Lipinski definition) is 3. The molecule has 6 heteroatoms. The summed E-state index contributed by atoms with van der Waals surface area (Å²) in [7, 11) is 1.66. The van der Waals surface area contributed by atoms with E-state index in [4.69, 9.17) is 5.11 Å². The third-order valence-electron chi connectivity index (χ3n) is 2.19. The van der Waals surface area contributed by atoms with E-state index in [0.29, 0.717) is 6.54 Å². The summed E-state index contributed by atoms with van der Waals surface area (Å²) < 4.78 is 0. The molecule has 0 saturated heterocycles. The second-order valence-corrected chi connectivity index (χ2v) is 4.91. The lowest BCUT2D eigenvalue weighted by molar-refractivity contribution is -0.140. The van der Waals surface area contributed by atoms with Crippen LogP contribution in [0.15, 0.2) is 0 Å². The monoisotopic (exact) mass is 248 g/mol. The molecule has 0 aromatic heterocycles. The molecule has 0 spiro atoms. The molecule has 0 saturated carbocycles. The molecule has 0 aliphatic heterocycles. The van der Waals surface area contributed by atoms with Crippen LogP contribution >= 0.6 is 11.8 Å². The molecule has 0 aliphatic carbocycles. The van der Waals surface area contributed by atoms with Crippen molar-refractivity contribution in [2.75, 3.05) is 25.6 Å². The van der Waals surface area contributed by atoms with Crippen molar-refractivity contribution in [3.8, 4) is 0 Å². The molecule has 0 fully saturated rings. The third kappa shape index (κ3) is 5.25. The maximum Gasteiger partial charge on any atom is 0.326 e. The van der Waals surface area contributed by atoms with Gasteiger partial charge in [-0.2, -0.15) is 11.8 Å². The summed E-state index contributed by atoms with van der Waals surface area (Å²) in [6.45, 7) is 4.14. The molecule has 5 nitrogen and oxygen atoms in total. The molecule has 0 aromatic rings. The van der Waals surface area contributed by atoms with Crippen molar-refractivity contribution in [2.24, 2.45) is 5.92 Å². The van der Waals surface area contributed by atoms with Crippen LogP contribution < -0.4 is 5.32 Å². The third-order valence-corrected chi connectivity index (χ3v) is 2.78. The number of carboxylic acids is 1. The molecule has 0 radical (unpaired) electrons. The van der Waals surface area contributed by atoms with Crippen LogP contribution in [0.3, 0.4) is 0 Å². The highest BCUT2D eigenvalue weighted by Gasteiger charge is 2.24. The van der Waals surface area contributed by atoms with Crippen LogP contribution in [0.1, 0.15) is 13.8 Å². The number of aliphatic carboxylic acids is 1. The minimum absolute atomic E-state index is 0.129. The van der Waals surface area contributed by atoms with E-state index in [9.17, 15) is 9.59 Å².